The highest BCUT2D eigenvalue weighted by Crippen LogP contribution is 2.28. The highest BCUT2D eigenvalue weighted by molar-refractivity contribution is 7.92. The second kappa shape index (κ2) is 14.3. The fourth-order valence-electron chi connectivity index (χ4n) is 4.82. The van der Waals surface area contributed by atoms with Gasteiger partial charge in [-0.05, 0) is 69.2 Å². The predicted molar refractivity (Wildman–Crippen MR) is 176 cm³/mol. The zero-order chi connectivity index (χ0) is 32.8. The molecule has 0 heterocycles. The molecule has 0 bridgehead atoms. The SMILES string of the molecule is Cc1ccc(S(=O)(=O)N(CC(=O)N(Cc2ccccc2Cl)C(Cc2ccccc2)C(=O)NC(C)(C)C)c2ccccc2F)cc1. The van der Waals surface area contributed by atoms with Gasteiger partial charge in [0.1, 0.15) is 18.4 Å². The fourth-order valence-corrected chi connectivity index (χ4v) is 6.44. The van der Waals surface area contributed by atoms with Crippen LogP contribution in [0.25, 0.3) is 0 Å². The Balaban J connectivity index is 1.84. The summed E-state index contributed by atoms with van der Waals surface area (Å²) in [6.07, 6.45) is 0.142. The maximum Gasteiger partial charge on any atom is 0.264 e. The third-order valence-electron chi connectivity index (χ3n) is 7.08. The largest absolute Gasteiger partial charge is 0.350 e. The van der Waals surface area contributed by atoms with Gasteiger partial charge in [0.15, 0.2) is 0 Å². The molecule has 4 aromatic rings. The molecule has 4 aromatic carbocycles. The lowest BCUT2D eigenvalue weighted by Gasteiger charge is -2.35. The summed E-state index contributed by atoms with van der Waals surface area (Å²) < 4.78 is 44.1. The molecule has 0 radical (unpaired) electrons. The zero-order valence-electron chi connectivity index (χ0n) is 25.7. The number of rotatable bonds is 11. The molecule has 45 heavy (non-hydrogen) atoms. The molecule has 0 fully saturated rings. The van der Waals surface area contributed by atoms with E-state index in [1.807, 2.05) is 58.0 Å². The van der Waals surface area contributed by atoms with Crippen molar-refractivity contribution in [3.8, 4) is 0 Å². The maximum absolute atomic E-state index is 15.2. The van der Waals surface area contributed by atoms with Crippen molar-refractivity contribution in [3.63, 3.8) is 0 Å². The smallest absolute Gasteiger partial charge is 0.264 e. The Bertz CT molecular complexity index is 1740. The number of aryl methyl sites for hydroxylation is 1. The average molecular weight is 650 g/mol. The normalized spacial score (nSPS) is 12.3. The Kier molecular flexibility index (Phi) is 10.7. The molecule has 0 saturated carbocycles. The van der Waals surface area contributed by atoms with E-state index in [0.29, 0.717) is 10.6 Å². The number of nitrogens with one attached hydrogen (secondary N) is 1. The van der Waals surface area contributed by atoms with Gasteiger partial charge >= 0.3 is 0 Å². The van der Waals surface area contributed by atoms with E-state index in [1.165, 1.54) is 35.2 Å². The Morgan fingerprint density at radius 2 is 1.47 bits per heavy atom. The second-order valence-corrected chi connectivity index (χ2v) is 14.1. The first-order valence-corrected chi connectivity index (χ1v) is 16.3. The number of hydrogen-bond acceptors (Lipinski definition) is 4. The summed E-state index contributed by atoms with van der Waals surface area (Å²) in [6, 6.07) is 26.6. The van der Waals surface area contributed by atoms with Crippen LogP contribution in [0.1, 0.15) is 37.5 Å². The van der Waals surface area contributed by atoms with Gasteiger partial charge in [-0.15, -0.1) is 0 Å². The Labute approximate surface area is 269 Å². The van der Waals surface area contributed by atoms with Gasteiger partial charge in [0.25, 0.3) is 10.0 Å². The Morgan fingerprint density at radius 3 is 2.09 bits per heavy atom. The summed E-state index contributed by atoms with van der Waals surface area (Å²) in [5, 5.41) is 3.35. The monoisotopic (exact) mass is 649 g/mol. The van der Waals surface area contributed by atoms with Crippen molar-refractivity contribution < 1.29 is 22.4 Å². The van der Waals surface area contributed by atoms with Gasteiger partial charge in [0.05, 0.1) is 10.6 Å². The maximum atomic E-state index is 15.2. The number of carbonyl (C=O) groups is 2. The lowest BCUT2D eigenvalue weighted by Crippen LogP contribution is -2.56. The number of para-hydroxylation sites is 1. The highest BCUT2D eigenvalue weighted by Gasteiger charge is 2.36. The summed E-state index contributed by atoms with van der Waals surface area (Å²) in [4.78, 5) is 29.6. The van der Waals surface area contributed by atoms with Gasteiger partial charge in [0.2, 0.25) is 11.8 Å². The third-order valence-corrected chi connectivity index (χ3v) is 9.22. The van der Waals surface area contributed by atoms with E-state index >= 15 is 4.39 Å². The minimum atomic E-state index is -4.42. The minimum Gasteiger partial charge on any atom is -0.350 e. The first kappa shape index (κ1) is 33.7. The zero-order valence-corrected chi connectivity index (χ0v) is 27.3. The molecule has 10 heteroatoms. The summed E-state index contributed by atoms with van der Waals surface area (Å²) in [5.41, 5.74) is 1.28. The van der Waals surface area contributed by atoms with Crippen LogP contribution in [0, 0.1) is 12.7 Å². The molecule has 0 spiro atoms. The van der Waals surface area contributed by atoms with E-state index in [4.69, 9.17) is 11.6 Å². The molecule has 0 saturated heterocycles. The fraction of sp³-hybridized carbons (Fsp3) is 0.257. The van der Waals surface area contributed by atoms with Crippen LogP contribution in [0.3, 0.4) is 0 Å². The molecule has 0 aliphatic carbocycles. The van der Waals surface area contributed by atoms with Crippen molar-refractivity contribution in [2.24, 2.45) is 0 Å². The molecule has 7 nitrogen and oxygen atoms in total. The molecule has 1 atom stereocenters. The van der Waals surface area contributed by atoms with Gasteiger partial charge in [-0.25, -0.2) is 12.8 Å². The molecule has 1 N–H and O–H groups in total. The van der Waals surface area contributed by atoms with Crippen molar-refractivity contribution in [3.05, 3.63) is 131 Å². The summed E-state index contributed by atoms with van der Waals surface area (Å²) in [6.45, 7) is 6.45. The van der Waals surface area contributed by atoms with Crippen LogP contribution in [-0.2, 0) is 32.6 Å². The molecule has 0 aromatic heterocycles. The average Bonchev–Trinajstić information content (AvgIpc) is 2.98. The van der Waals surface area contributed by atoms with Gasteiger partial charge in [-0.2, -0.15) is 0 Å². The lowest BCUT2D eigenvalue weighted by molar-refractivity contribution is -0.140. The number of benzene rings is 4. The molecule has 2 amide bonds. The first-order valence-electron chi connectivity index (χ1n) is 14.5. The Morgan fingerprint density at radius 1 is 0.867 bits per heavy atom. The van der Waals surface area contributed by atoms with E-state index in [1.54, 1.807) is 36.4 Å². The minimum absolute atomic E-state index is 0.0940. The van der Waals surface area contributed by atoms with Crippen molar-refractivity contribution in [2.75, 3.05) is 10.8 Å². The molecule has 0 aliphatic rings. The quantitative estimate of drug-likeness (QED) is 0.200. The molecule has 236 valence electrons. The van der Waals surface area contributed by atoms with Gasteiger partial charge in [0, 0.05) is 23.5 Å². The Hall–Kier alpha value is -4.21. The first-order chi connectivity index (χ1) is 21.3. The second-order valence-electron chi connectivity index (χ2n) is 11.8. The van der Waals surface area contributed by atoms with Crippen LogP contribution in [0.2, 0.25) is 5.02 Å². The lowest BCUT2D eigenvalue weighted by atomic mass is 10.0. The van der Waals surface area contributed by atoms with Crippen LogP contribution in [0.5, 0.6) is 0 Å². The number of sulfonamides is 1. The number of hydrogen-bond donors (Lipinski definition) is 1. The predicted octanol–water partition coefficient (Wildman–Crippen LogP) is 6.54. The van der Waals surface area contributed by atoms with Crippen LogP contribution in [-0.4, -0.2) is 43.3 Å². The van der Waals surface area contributed by atoms with Crippen LogP contribution >= 0.6 is 11.6 Å². The van der Waals surface area contributed by atoms with Gasteiger partial charge in [-0.3, -0.25) is 13.9 Å². The van der Waals surface area contributed by atoms with Crippen molar-refractivity contribution in [1.82, 2.24) is 10.2 Å². The number of amides is 2. The van der Waals surface area contributed by atoms with E-state index in [2.05, 4.69) is 5.32 Å². The van der Waals surface area contributed by atoms with Gasteiger partial charge in [-0.1, -0.05) is 90.0 Å². The number of carbonyl (C=O) groups excluding carboxylic acids is 2. The number of nitrogens with zero attached hydrogens (tertiary/aromatic N) is 2. The number of halogens is 2. The highest BCUT2D eigenvalue weighted by atomic mass is 35.5. The third kappa shape index (κ3) is 8.71. The van der Waals surface area contributed by atoms with Crippen LogP contribution in [0.15, 0.2) is 108 Å². The van der Waals surface area contributed by atoms with Crippen molar-refractivity contribution in [1.29, 1.82) is 0 Å². The van der Waals surface area contributed by atoms with Crippen molar-refractivity contribution in [2.45, 2.75) is 57.1 Å². The van der Waals surface area contributed by atoms with E-state index in [9.17, 15) is 18.0 Å². The standard InChI is InChI=1S/C35H37ClFN3O4S/c1-25-18-20-28(21-19-25)45(43,44)40(31-17-11-10-16-30(31)37)24-33(41)39(23-27-14-8-9-15-29(27)36)32(34(42)38-35(2,3)4)22-26-12-6-5-7-13-26/h5-21,32H,22-24H2,1-4H3,(H,38,42). The summed E-state index contributed by atoms with van der Waals surface area (Å²) in [5.74, 6) is -1.95. The number of anilines is 1. The van der Waals surface area contributed by atoms with E-state index in [-0.39, 0.29) is 23.5 Å². The van der Waals surface area contributed by atoms with Gasteiger partial charge < -0.3 is 10.2 Å². The molecular weight excluding hydrogens is 613 g/mol. The molecular formula is C35H37ClFN3O4S. The van der Waals surface area contributed by atoms with Crippen LogP contribution in [0.4, 0.5) is 10.1 Å². The van der Waals surface area contributed by atoms with Crippen LogP contribution < -0.4 is 9.62 Å². The summed E-state index contributed by atoms with van der Waals surface area (Å²) in [7, 11) is -4.42. The topological polar surface area (TPSA) is 86.8 Å². The molecule has 4 rings (SSSR count). The van der Waals surface area contributed by atoms with E-state index in [0.717, 1.165) is 21.5 Å². The molecule has 0 aliphatic heterocycles. The molecule has 1 unspecified atom stereocenters. The van der Waals surface area contributed by atoms with Crippen molar-refractivity contribution >= 4 is 39.1 Å². The van der Waals surface area contributed by atoms with E-state index < -0.39 is 45.8 Å². The summed E-state index contributed by atoms with van der Waals surface area (Å²) >= 11 is 6.52.